The van der Waals surface area contributed by atoms with E-state index in [0.29, 0.717) is 17.3 Å². The first-order valence-corrected chi connectivity index (χ1v) is 8.81. The number of hydrogen-bond acceptors (Lipinski definition) is 5. The molecule has 0 amide bonds. The van der Waals surface area contributed by atoms with Crippen LogP contribution in [0.1, 0.15) is 24.2 Å². The van der Waals surface area contributed by atoms with Crippen molar-refractivity contribution in [1.29, 1.82) is 0 Å². The molecule has 0 saturated carbocycles. The van der Waals surface area contributed by atoms with Crippen LogP contribution in [-0.4, -0.2) is 37.4 Å². The highest BCUT2D eigenvalue weighted by Gasteiger charge is 2.10. The van der Waals surface area contributed by atoms with Gasteiger partial charge in [-0.2, -0.15) is 0 Å². The monoisotopic (exact) mass is 457 g/mol. The average molecular weight is 459 g/mol. The summed E-state index contributed by atoms with van der Waals surface area (Å²) >= 11 is 5.95. The van der Waals surface area contributed by atoms with E-state index in [4.69, 9.17) is 16.3 Å². The molecule has 1 unspecified atom stereocenters. The molecule has 0 spiro atoms. The van der Waals surface area contributed by atoms with Crippen molar-refractivity contribution in [1.82, 2.24) is 5.32 Å². The number of ether oxygens (including phenoxy) is 2. The van der Waals surface area contributed by atoms with Gasteiger partial charge in [0.1, 0.15) is 5.75 Å². The van der Waals surface area contributed by atoms with E-state index >= 15 is 0 Å². The molecule has 148 valence electrons. The third kappa shape index (κ3) is 8.30. The van der Waals surface area contributed by atoms with Crippen molar-refractivity contribution in [2.45, 2.75) is 25.5 Å². The van der Waals surface area contributed by atoms with Crippen LogP contribution in [0.5, 0.6) is 5.75 Å². The second kappa shape index (κ2) is 12.0. The number of carbonyl (C=O) groups excluding carboxylic acids is 1. The summed E-state index contributed by atoms with van der Waals surface area (Å²) in [5.41, 5.74) is 1.93. The van der Waals surface area contributed by atoms with Gasteiger partial charge in [0.15, 0.2) is 6.61 Å². The van der Waals surface area contributed by atoms with E-state index in [0.717, 1.165) is 17.5 Å². The Labute approximate surface area is 175 Å². The molecule has 0 bridgehead atoms. The highest BCUT2D eigenvalue weighted by Crippen LogP contribution is 2.18. The predicted molar refractivity (Wildman–Crippen MR) is 112 cm³/mol. The maximum Gasteiger partial charge on any atom is 0.343 e. The molecular formula is C20H25BrClNO4. The topological polar surface area (TPSA) is 67.8 Å². The fourth-order valence-corrected chi connectivity index (χ4v) is 2.69. The highest BCUT2D eigenvalue weighted by atomic mass is 79.9. The first kappa shape index (κ1) is 23.4. The van der Waals surface area contributed by atoms with Crippen LogP contribution in [0.15, 0.2) is 48.5 Å². The lowest BCUT2D eigenvalue weighted by Crippen LogP contribution is -2.32. The Bertz CT molecular complexity index is 711. The predicted octanol–water partition coefficient (Wildman–Crippen LogP) is 3.72. The Morgan fingerprint density at radius 2 is 1.93 bits per heavy atom. The van der Waals surface area contributed by atoms with Gasteiger partial charge in [-0.3, -0.25) is 0 Å². The van der Waals surface area contributed by atoms with E-state index in [1.807, 2.05) is 36.4 Å². The number of methoxy groups -OCH3 is 1. The number of rotatable bonds is 9. The lowest BCUT2D eigenvalue weighted by atomic mass is 10.1. The molecule has 0 aromatic heterocycles. The standard InChI is InChI=1S/C20H24ClNO4.BrH/c1-14(22-12-19(23)16-4-3-5-17(21)11-16)10-15-6-8-18(9-7-15)26-13-20(24)25-2;/h3-9,11,14,19,22-23H,10,12-13H2,1-2H3;1H/t14?,19-;/m0./s1. The molecule has 0 heterocycles. The summed E-state index contributed by atoms with van der Waals surface area (Å²) in [6, 6.07) is 15.0. The summed E-state index contributed by atoms with van der Waals surface area (Å²) in [7, 11) is 1.33. The zero-order valence-corrected chi connectivity index (χ0v) is 17.8. The first-order valence-electron chi connectivity index (χ1n) is 8.43. The van der Waals surface area contributed by atoms with Gasteiger partial charge in [-0.25, -0.2) is 4.79 Å². The number of halogens is 2. The van der Waals surface area contributed by atoms with E-state index in [2.05, 4.69) is 17.0 Å². The quantitative estimate of drug-likeness (QED) is 0.561. The third-order valence-corrected chi connectivity index (χ3v) is 4.18. The molecule has 0 aliphatic carbocycles. The van der Waals surface area contributed by atoms with Crippen molar-refractivity contribution in [3.8, 4) is 5.75 Å². The molecule has 0 fully saturated rings. The number of esters is 1. The molecule has 2 aromatic carbocycles. The van der Waals surface area contributed by atoms with Gasteiger partial charge in [0.05, 0.1) is 13.2 Å². The number of carbonyl (C=O) groups is 1. The van der Waals surface area contributed by atoms with Crippen LogP contribution in [0.4, 0.5) is 0 Å². The number of aliphatic hydroxyl groups is 1. The van der Waals surface area contributed by atoms with Crippen molar-refractivity contribution in [2.75, 3.05) is 20.3 Å². The van der Waals surface area contributed by atoms with Crippen LogP contribution in [-0.2, 0) is 16.0 Å². The first-order chi connectivity index (χ1) is 12.5. The van der Waals surface area contributed by atoms with Crippen LogP contribution >= 0.6 is 28.6 Å². The van der Waals surface area contributed by atoms with Gasteiger partial charge in [-0.15, -0.1) is 17.0 Å². The number of aliphatic hydroxyl groups excluding tert-OH is 1. The smallest absolute Gasteiger partial charge is 0.343 e. The van der Waals surface area contributed by atoms with Gasteiger partial charge >= 0.3 is 5.97 Å². The summed E-state index contributed by atoms with van der Waals surface area (Å²) in [6.45, 7) is 2.41. The molecule has 0 saturated heterocycles. The molecule has 5 nitrogen and oxygen atoms in total. The molecule has 0 radical (unpaired) electrons. The maximum absolute atomic E-state index is 11.1. The number of benzene rings is 2. The molecule has 27 heavy (non-hydrogen) atoms. The van der Waals surface area contributed by atoms with Crippen molar-refractivity contribution >= 4 is 34.6 Å². The van der Waals surface area contributed by atoms with Crippen molar-refractivity contribution in [2.24, 2.45) is 0 Å². The minimum atomic E-state index is -0.606. The van der Waals surface area contributed by atoms with E-state index < -0.39 is 12.1 Å². The third-order valence-electron chi connectivity index (χ3n) is 3.94. The Morgan fingerprint density at radius 1 is 1.22 bits per heavy atom. The second-order valence-electron chi connectivity index (χ2n) is 6.09. The van der Waals surface area contributed by atoms with Crippen LogP contribution in [0.3, 0.4) is 0 Å². The molecule has 2 aromatic rings. The zero-order chi connectivity index (χ0) is 18.9. The van der Waals surface area contributed by atoms with E-state index in [1.165, 1.54) is 7.11 Å². The summed E-state index contributed by atoms with van der Waals surface area (Å²) in [5.74, 6) is 0.210. The van der Waals surface area contributed by atoms with Crippen LogP contribution in [0.25, 0.3) is 0 Å². The van der Waals surface area contributed by atoms with Gasteiger partial charge in [-0.1, -0.05) is 35.9 Å². The molecule has 2 atom stereocenters. The van der Waals surface area contributed by atoms with E-state index in [1.54, 1.807) is 12.1 Å². The molecular weight excluding hydrogens is 434 g/mol. The summed E-state index contributed by atoms with van der Waals surface area (Å²) in [4.78, 5) is 11.1. The molecule has 2 N–H and O–H groups in total. The molecule has 0 aliphatic rings. The highest BCUT2D eigenvalue weighted by molar-refractivity contribution is 8.93. The number of nitrogens with one attached hydrogen (secondary N) is 1. The molecule has 2 rings (SSSR count). The number of hydrogen-bond donors (Lipinski definition) is 2. The summed E-state index contributed by atoms with van der Waals surface area (Å²) in [6.07, 6.45) is 0.199. The normalized spacial score (nSPS) is 12.6. The van der Waals surface area contributed by atoms with Crippen LogP contribution < -0.4 is 10.1 Å². The minimum absolute atomic E-state index is 0. The fourth-order valence-electron chi connectivity index (χ4n) is 2.49. The van der Waals surface area contributed by atoms with E-state index in [9.17, 15) is 9.90 Å². The lowest BCUT2D eigenvalue weighted by molar-refractivity contribution is -0.142. The molecule has 7 heteroatoms. The van der Waals surface area contributed by atoms with Crippen molar-refractivity contribution in [3.63, 3.8) is 0 Å². The van der Waals surface area contributed by atoms with E-state index in [-0.39, 0.29) is 29.6 Å². The fraction of sp³-hybridized carbons (Fsp3) is 0.350. The summed E-state index contributed by atoms with van der Waals surface area (Å²) in [5, 5.41) is 14.2. The van der Waals surface area contributed by atoms with Crippen LogP contribution in [0.2, 0.25) is 5.02 Å². The zero-order valence-electron chi connectivity index (χ0n) is 15.4. The Hall–Kier alpha value is -1.60. The average Bonchev–Trinajstić information content (AvgIpc) is 2.65. The van der Waals surface area contributed by atoms with Gasteiger partial charge in [-0.05, 0) is 48.7 Å². The van der Waals surface area contributed by atoms with Gasteiger partial charge in [0, 0.05) is 17.6 Å². The maximum atomic E-state index is 11.1. The lowest BCUT2D eigenvalue weighted by Gasteiger charge is -2.18. The van der Waals surface area contributed by atoms with Crippen molar-refractivity contribution in [3.05, 3.63) is 64.7 Å². The van der Waals surface area contributed by atoms with Gasteiger partial charge < -0.3 is 19.9 Å². The van der Waals surface area contributed by atoms with Gasteiger partial charge in [0.25, 0.3) is 0 Å². The van der Waals surface area contributed by atoms with Crippen molar-refractivity contribution < 1.29 is 19.4 Å². The Kier molecular flexibility index (Phi) is 10.4. The van der Waals surface area contributed by atoms with Crippen LogP contribution in [0, 0.1) is 0 Å². The SMILES string of the molecule is Br.COC(=O)COc1ccc(CC(C)NC[C@H](O)c2cccc(Cl)c2)cc1. The second-order valence-corrected chi connectivity index (χ2v) is 6.53. The minimum Gasteiger partial charge on any atom is -0.482 e. The van der Waals surface area contributed by atoms with Gasteiger partial charge in [0.2, 0.25) is 0 Å². The summed E-state index contributed by atoms with van der Waals surface area (Å²) < 4.78 is 9.86. The largest absolute Gasteiger partial charge is 0.482 e. The Morgan fingerprint density at radius 3 is 2.56 bits per heavy atom. The Balaban J connectivity index is 0.00000364. The molecule has 0 aliphatic heterocycles.